The van der Waals surface area contributed by atoms with Crippen molar-refractivity contribution >= 4 is 23.2 Å². The Morgan fingerprint density at radius 3 is 2.54 bits per heavy atom. The lowest BCUT2D eigenvalue weighted by atomic mass is 9.93. The molecule has 0 spiro atoms. The van der Waals surface area contributed by atoms with Crippen LogP contribution in [-0.2, 0) is 24.3 Å². The molecule has 1 unspecified atom stereocenters. The van der Waals surface area contributed by atoms with Gasteiger partial charge < -0.3 is 10.2 Å². The summed E-state index contributed by atoms with van der Waals surface area (Å²) in [5.41, 5.74) is 2.52. The van der Waals surface area contributed by atoms with Crippen molar-refractivity contribution in [1.29, 1.82) is 0 Å². The number of hydrogen-bond acceptors (Lipinski definition) is 4. The molecule has 1 saturated carbocycles. The summed E-state index contributed by atoms with van der Waals surface area (Å²) in [7, 11) is 0. The zero-order chi connectivity index (χ0) is 24.4. The maximum atomic E-state index is 13.8. The molecule has 0 saturated heterocycles. The number of aryl methyl sites for hydroxylation is 1. The molecule has 2 amide bonds. The highest BCUT2D eigenvalue weighted by atomic mass is 32.1. The van der Waals surface area contributed by atoms with E-state index in [4.69, 9.17) is 5.10 Å². The molecule has 2 aliphatic rings. The van der Waals surface area contributed by atoms with Crippen LogP contribution >= 0.6 is 11.3 Å². The Morgan fingerprint density at radius 1 is 1.14 bits per heavy atom. The number of benzene rings is 1. The molecule has 0 radical (unpaired) electrons. The third-order valence-electron chi connectivity index (χ3n) is 7.53. The number of aromatic nitrogens is 2. The van der Waals surface area contributed by atoms with Crippen molar-refractivity contribution in [3.63, 3.8) is 0 Å². The number of fused-ring (bicyclic) bond motifs is 1. The first kappa shape index (κ1) is 23.8. The number of nitrogens with one attached hydrogen (secondary N) is 1. The normalized spacial score (nSPS) is 21.0. The van der Waals surface area contributed by atoms with Gasteiger partial charge in [0.1, 0.15) is 11.2 Å². The Morgan fingerprint density at radius 2 is 1.89 bits per heavy atom. The molecule has 6 nitrogen and oxygen atoms in total. The molecule has 1 aliphatic heterocycles. The quantitative estimate of drug-likeness (QED) is 0.469. The standard InChI is InChI=1S/C28H34N4O2S/c1-3-20-12-14-21(15-13-20)24-17-25-26(33)31(18-23-11-8-16-35-23)28(2,19-32(25)30-24)27(34)29-22-9-6-4-5-7-10-22/h8,11-17,22H,3-7,9-10,18-19H2,1-2H3,(H,29,34). The molecule has 3 heterocycles. The fourth-order valence-electron chi connectivity index (χ4n) is 5.26. The maximum Gasteiger partial charge on any atom is 0.273 e. The van der Waals surface area contributed by atoms with Crippen molar-refractivity contribution in [2.75, 3.05) is 0 Å². The van der Waals surface area contributed by atoms with Gasteiger partial charge in [-0.05, 0) is 49.3 Å². The van der Waals surface area contributed by atoms with Crippen LogP contribution in [-0.4, -0.2) is 38.1 Å². The highest BCUT2D eigenvalue weighted by Crippen LogP contribution is 2.32. The fourth-order valence-corrected chi connectivity index (χ4v) is 5.96. The van der Waals surface area contributed by atoms with Gasteiger partial charge in [-0.25, -0.2) is 0 Å². The van der Waals surface area contributed by atoms with Gasteiger partial charge in [-0.15, -0.1) is 11.3 Å². The summed E-state index contributed by atoms with van der Waals surface area (Å²) in [6, 6.07) is 14.4. The van der Waals surface area contributed by atoms with E-state index in [1.54, 1.807) is 20.9 Å². The van der Waals surface area contributed by atoms with Crippen molar-refractivity contribution in [2.45, 2.75) is 83.5 Å². The molecule has 1 aromatic carbocycles. The molecule has 1 aliphatic carbocycles. The SMILES string of the molecule is CCc1ccc(-c2cc3n(n2)CC(C)(C(=O)NC2CCCCCC2)N(Cc2cccs2)C3=O)cc1. The second kappa shape index (κ2) is 9.97. The second-order valence-corrected chi connectivity index (χ2v) is 11.1. The smallest absolute Gasteiger partial charge is 0.273 e. The van der Waals surface area contributed by atoms with Gasteiger partial charge in [-0.2, -0.15) is 5.10 Å². The van der Waals surface area contributed by atoms with E-state index in [-0.39, 0.29) is 17.9 Å². The van der Waals surface area contributed by atoms with Gasteiger partial charge in [0.05, 0.1) is 18.8 Å². The zero-order valence-corrected chi connectivity index (χ0v) is 21.4. The minimum atomic E-state index is -1.02. The van der Waals surface area contributed by atoms with Gasteiger partial charge in [0.15, 0.2) is 0 Å². The average molecular weight is 491 g/mol. The van der Waals surface area contributed by atoms with E-state index in [2.05, 4.69) is 36.5 Å². The summed E-state index contributed by atoms with van der Waals surface area (Å²) < 4.78 is 1.74. The van der Waals surface area contributed by atoms with Gasteiger partial charge in [-0.1, -0.05) is 62.9 Å². The number of amides is 2. The van der Waals surface area contributed by atoms with Crippen LogP contribution in [0.25, 0.3) is 11.3 Å². The molecule has 5 rings (SSSR count). The van der Waals surface area contributed by atoms with E-state index >= 15 is 0 Å². The summed E-state index contributed by atoms with van der Waals surface area (Å²) >= 11 is 1.61. The number of rotatable bonds is 6. The van der Waals surface area contributed by atoms with E-state index in [0.717, 1.165) is 48.2 Å². The molecule has 1 N–H and O–H groups in total. The molecule has 1 fully saturated rings. The molecule has 7 heteroatoms. The monoisotopic (exact) mass is 490 g/mol. The largest absolute Gasteiger partial charge is 0.351 e. The minimum absolute atomic E-state index is 0.0793. The Labute approximate surface area is 211 Å². The third kappa shape index (κ3) is 4.79. The van der Waals surface area contributed by atoms with Crippen LogP contribution < -0.4 is 5.32 Å². The van der Waals surface area contributed by atoms with E-state index < -0.39 is 5.54 Å². The number of carbonyl (C=O) groups excluding carboxylic acids is 2. The van der Waals surface area contributed by atoms with Crippen molar-refractivity contribution < 1.29 is 9.59 Å². The van der Waals surface area contributed by atoms with Crippen LogP contribution in [0.4, 0.5) is 0 Å². The molecular weight excluding hydrogens is 456 g/mol. The third-order valence-corrected chi connectivity index (χ3v) is 8.39. The first-order valence-electron chi connectivity index (χ1n) is 12.8. The van der Waals surface area contributed by atoms with E-state index in [9.17, 15) is 9.59 Å². The first-order chi connectivity index (χ1) is 17.0. The molecule has 3 aromatic rings. The highest BCUT2D eigenvalue weighted by Gasteiger charge is 2.48. The first-order valence-corrected chi connectivity index (χ1v) is 13.7. The minimum Gasteiger partial charge on any atom is -0.351 e. The van der Waals surface area contributed by atoms with Crippen LogP contribution in [0.3, 0.4) is 0 Å². The van der Waals surface area contributed by atoms with Crippen molar-refractivity contribution in [3.05, 3.63) is 64.0 Å². The molecular formula is C28H34N4O2S. The zero-order valence-electron chi connectivity index (χ0n) is 20.6. The number of hydrogen-bond donors (Lipinski definition) is 1. The lowest BCUT2D eigenvalue weighted by molar-refractivity contribution is -0.134. The average Bonchev–Trinajstić information content (AvgIpc) is 3.46. The number of carbonyl (C=O) groups is 2. The van der Waals surface area contributed by atoms with E-state index in [0.29, 0.717) is 18.8 Å². The van der Waals surface area contributed by atoms with Gasteiger partial charge >= 0.3 is 0 Å². The van der Waals surface area contributed by atoms with Crippen LogP contribution in [0, 0.1) is 0 Å². The van der Waals surface area contributed by atoms with E-state index in [1.165, 1.54) is 18.4 Å². The molecule has 2 aromatic heterocycles. The predicted molar refractivity (Wildman–Crippen MR) is 139 cm³/mol. The Hall–Kier alpha value is -2.93. The van der Waals surface area contributed by atoms with Crippen LogP contribution in [0.5, 0.6) is 0 Å². The molecule has 0 bridgehead atoms. The summed E-state index contributed by atoms with van der Waals surface area (Å²) in [5, 5.41) is 10.1. The molecule has 1 atom stereocenters. The molecule has 184 valence electrons. The van der Waals surface area contributed by atoms with Gasteiger partial charge in [0, 0.05) is 16.5 Å². The number of thiophene rings is 1. The van der Waals surface area contributed by atoms with E-state index in [1.807, 2.05) is 30.5 Å². The molecule has 35 heavy (non-hydrogen) atoms. The number of nitrogens with zero attached hydrogens (tertiary/aromatic N) is 3. The van der Waals surface area contributed by atoms with Crippen LogP contribution in [0.1, 0.15) is 73.3 Å². The maximum absolute atomic E-state index is 13.8. The summed E-state index contributed by atoms with van der Waals surface area (Å²) in [6.45, 7) is 4.78. The topological polar surface area (TPSA) is 67.2 Å². The Kier molecular flexibility index (Phi) is 6.78. The van der Waals surface area contributed by atoms with Gasteiger partial charge in [0.2, 0.25) is 5.91 Å². The van der Waals surface area contributed by atoms with Gasteiger partial charge in [-0.3, -0.25) is 14.3 Å². The summed E-state index contributed by atoms with van der Waals surface area (Å²) in [4.78, 5) is 30.5. The lowest BCUT2D eigenvalue weighted by Gasteiger charge is -2.43. The Bertz CT molecular complexity index is 1180. The second-order valence-electron chi connectivity index (χ2n) is 10.0. The fraction of sp³-hybridized carbons (Fsp3) is 0.464. The van der Waals surface area contributed by atoms with Crippen molar-refractivity contribution in [1.82, 2.24) is 20.0 Å². The highest BCUT2D eigenvalue weighted by molar-refractivity contribution is 7.09. The van der Waals surface area contributed by atoms with Crippen molar-refractivity contribution in [3.8, 4) is 11.3 Å². The summed E-state index contributed by atoms with van der Waals surface area (Å²) in [5.74, 6) is -0.226. The summed E-state index contributed by atoms with van der Waals surface area (Å²) in [6.07, 6.45) is 7.73. The Balaban J connectivity index is 1.47. The van der Waals surface area contributed by atoms with Crippen molar-refractivity contribution in [2.24, 2.45) is 0 Å². The van der Waals surface area contributed by atoms with Gasteiger partial charge in [0.25, 0.3) is 5.91 Å². The lowest BCUT2D eigenvalue weighted by Crippen LogP contribution is -2.64. The predicted octanol–water partition coefficient (Wildman–Crippen LogP) is 5.43. The van der Waals surface area contributed by atoms with Crippen LogP contribution in [0.2, 0.25) is 0 Å². The van der Waals surface area contributed by atoms with Crippen LogP contribution in [0.15, 0.2) is 47.8 Å².